The van der Waals surface area contributed by atoms with E-state index >= 15 is 0 Å². The lowest BCUT2D eigenvalue weighted by Gasteiger charge is -2.09. The van der Waals surface area contributed by atoms with Crippen LogP contribution in [0.25, 0.3) is 6.08 Å². The smallest absolute Gasteiger partial charge is 0.175 e. The lowest BCUT2D eigenvalue weighted by atomic mass is 10.2. The fourth-order valence-corrected chi connectivity index (χ4v) is 3.18. The first-order chi connectivity index (χ1) is 10.6. The number of ether oxygens (including phenoxy) is 2. The van der Waals surface area contributed by atoms with Crippen LogP contribution in [0.3, 0.4) is 0 Å². The summed E-state index contributed by atoms with van der Waals surface area (Å²) in [5, 5.41) is 1.21. The molecule has 2 aromatic rings. The van der Waals surface area contributed by atoms with Gasteiger partial charge in [-0.25, -0.2) is 8.42 Å². The van der Waals surface area contributed by atoms with Gasteiger partial charge in [0.25, 0.3) is 0 Å². The summed E-state index contributed by atoms with van der Waals surface area (Å²) in [6.45, 7) is 0. The minimum Gasteiger partial charge on any atom is -0.493 e. The zero-order valence-electron chi connectivity index (χ0n) is 12.5. The number of rotatable bonds is 6. The number of hydrogen-bond donors (Lipinski definition) is 0. The van der Waals surface area contributed by atoms with Gasteiger partial charge in [0.1, 0.15) is 0 Å². The van der Waals surface area contributed by atoms with Crippen LogP contribution in [0.2, 0.25) is 0 Å². The van der Waals surface area contributed by atoms with Crippen LogP contribution in [-0.4, -0.2) is 22.6 Å². The molecule has 0 saturated carbocycles. The molecule has 0 aliphatic heterocycles. The first-order valence-electron chi connectivity index (χ1n) is 6.71. The Kier molecular flexibility index (Phi) is 5.22. The van der Waals surface area contributed by atoms with Gasteiger partial charge in [0.15, 0.2) is 21.3 Å². The molecule has 2 rings (SSSR count). The Bertz CT molecular complexity index is 749. The van der Waals surface area contributed by atoms with Crippen molar-refractivity contribution in [2.24, 2.45) is 0 Å². The van der Waals surface area contributed by atoms with Gasteiger partial charge in [-0.05, 0) is 17.7 Å². The Balaban J connectivity index is 2.24. The number of benzene rings is 2. The Labute approximate surface area is 130 Å². The van der Waals surface area contributed by atoms with Crippen molar-refractivity contribution >= 4 is 15.9 Å². The Morgan fingerprint density at radius 3 is 2.32 bits per heavy atom. The monoisotopic (exact) mass is 318 g/mol. The summed E-state index contributed by atoms with van der Waals surface area (Å²) in [4.78, 5) is 0. The average Bonchev–Trinajstić information content (AvgIpc) is 2.53. The highest BCUT2D eigenvalue weighted by Gasteiger charge is 2.10. The summed E-state index contributed by atoms with van der Waals surface area (Å²) in [5.74, 6) is 1.04. The molecule has 0 atom stereocenters. The van der Waals surface area contributed by atoms with E-state index in [-0.39, 0.29) is 5.75 Å². The van der Waals surface area contributed by atoms with Crippen LogP contribution in [0.15, 0.2) is 53.9 Å². The van der Waals surface area contributed by atoms with Crippen LogP contribution in [0, 0.1) is 0 Å². The topological polar surface area (TPSA) is 52.6 Å². The maximum absolute atomic E-state index is 12.2. The summed E-state index contributed by atoms with van der Waals surface area (Å²) >= 11 is 0. The zero-order chi connectivity index (χ0) is 16.0. The molecule has 22 heavy (non-hydrogen) atoms. The van der Waals surface area contributed by atoms with E-state index in [9.17, 15) is 8.42 Å². The molecule has 0 spiro atoms. The Morgan fingerprint density at radius 1 is 0.955 bits per heavy atom. The summed E-state index contributed by atoms with van der Waals surface area (Å²) in [7, 11) is -0.294. The van der Waals surface area contributed by atoms with E-state index in [0.29, 0.717) is 17.1 Å². The van der Waals surface area contributed by atoms with Crippen LogP contribution >= 0.6 is 0 Å². The van der Waals surface area contributed by atoms with Crippen molar-refractivity contribution in [2.75, 3.05) is 14.2 Å². The molecule has 0 saturated heterocycles. The first kappa shape index (κ1) is 16.1. The Morgan fingerprint density at radius 2 is 1.68 bits per heavy atom. The standard InChI is InChI=1S/C17H18O4S/c1-20-16-10-6-9-15(17(16)21-2)11-12-22(18,19)13-14-7-4-3-5-8-14/h3-12H,13H2,1-2H3/b12-11+. The molecule has 0 amide bonds. The molecule has 0 heterocycles. The summed E-state index contributed by atoms with van der Waals surface area (Å²) in [6, 6.07) is 14.4. The summed E-state index contributed by atoms with van der Waals surface area (Å²) in [5.41, 5.74) is 1.41. The zero-order valence-corrected chi connectivity index (χ0v) is 13.3. The number of methoxy groups -OCH3 is 2. The molecule has 0 fully saturated rings. The lowest BCUT2D eigenvalue weighted by Crippen LogP contribution is -2.00. The van der Waals surface area contributed by atoms with E-state index < -0.39 is 9.84 Å². The quantitative estimate of drug-likeness (QED) is 0.820. The van der Waals surface area contributed by atoms with Crippen LogP contribution in [0.4, 0.5) is 0 Å². The molecule has 5 heteroatoms. The molecule has 0 aliphatic carbocycles. The van der Waals surface area contributed by atoms with Crippen molar-refractivity contribution in [3.05, 3.63) is 65.1 Å². The van der Waals surface area contributed by atoms with Gasteiger partial charge in [0, 0.05) is 11.0 Å². The van der Waals surface area contributed by atoms with Crippen molar-refractivity contribution in [3.8, 4) is 11.5 Å². The Hall–Kier alpha value is -2.27. The molecule has 2 aromatic carbocycles. The lowest BCUT2D eigenvalue weighted by molar-refractivity contribution is 0.354. The molecule has 116 valence electrons. The van der Waals surface area contributed by atoms with Crippen LogP contribution < -0.4 is 9.47 Å². The van der Waals surface area contributed by atoms with E-state index in [1.165, 1.54) is 25.7 Å². The van der Waals surface area contributed by atoms with Crippen molar-refractivity contribution < 1.29 is 17.9 Å². The third-order valence-corrected chi connectivity index (χ3v) is 4.39. The van der Waals surface area contributed by atoms with E-state index in [4.69, 9.17) is 9.47 Å². The number of sulfone groups is 1. The van der Waals surface area contributed by atoms with E-state index in [0.717, 1.165) is 5.56 Å². The normalized spacial score (nSPS) is 11.5. The summed E-state index contributed by atoms with van der Waals surface area (Å²) in [6.07, 6.45) is 1.53. The average molecular weight is 318 g/mol. The van der Waals surface area contributed by atoms with Gasteiger partial charge in [0.05, 0.1) is 20.0 Å². The largest absolute Gasteiger partial charge is 0.493 e. The first-order valence-corrected chi connectivity index (χ1v) is 8.43. The van der Waals surface area contributed by atoms with Crippen LogP contribution in [0.1, 0.15) is 11.1 Å². The predicted molar refractivity (Wildman–Crippen MR) is 87.6 cm³/mol. The second-order valence-corrected chi connectivity index (χ2v) is 6.56. The van der Waals surface area contributed by atoms with Gasteiger partial charge >= 0.3 is 0 Å². The highest BCUT2D eigenvalue weighted by atomic mass is 32.2. The summed E-state index contributed by atoms with van der Waals surface area (Å²) < 4.78 is 34.8. The second kappa shape index (κ2) is 7.13. The van der Waals surface area contributed by atoms with Crippen molar-refractivity contribution in [1.29, 1.82) is 0 Å². The predicted octanol–water partition coefficient (Wildman–Crippen LogP) is 3.29. The van der Waals surface area contributed by atoms with Gasteiger partial charge in [0.2, 0.25) is 0 Å². The fourth-order valence-electron chi connectivity index (χ4n) is 2.07. The van der Waals surface area contributed by atoms with Crippen LogP contribution in [-0.2, 0) is 15.6 Å². The minimum absolute atomic E-state index is 0.0311. The van der Waals surface area contributed by atoms with Gasteiger partial charge < -0.3 is 9.47 Å². The third kappa shape index (κ3) is 4.11. The van der Waals surface area contributed by atoms with Crippen molar-refractivity contribution in [1.82, 2.24) is 0 Å². The molecule has 0 aliphatic rings. The fraction of sp³-hybridized carbons (Fsp3) is 0.176. The highest BCUT2D eigenvalue weighted by Crippen LogP contribution is 2.31. The van der Waals surface area contributed by atoms with Gasteiger partial charge in [-0.2, -0.15) is 0 Å². The van der Waals surface area contributed by atoms with Crippen molar-refractivity contribution in [2.45, 2.75) is 5.75 Å². The maximum Gasteiger partial charge on any atom is 0.175 e. The third-order valence-electron chi connectivity index (χ3n) is 3.10. The van der Waals surface area contributed by atoms with E-state index in [1.807, 2.05) is 18.2 Å². The molecule has 0 N–H and O–H groups in total. The van der Waals surface area contributed by atoms with Gasteiger partial charge in [-0.15, -0.1) is 0 Å². The maximum atomic E-state index is 12.2. The highest BCUT2D eigenvalue weighted by molar-refractivity contribution is 7.93. The molecule has 0 bridgehead atoms. The minimum atomic E-state index is -3.35. The number of hydrogen-bond acceptors (Lipinski definition) is 4. The molecule has 0 radical (unpaired) electrons. The number of para-hydroxylation sites is 1. The molecule has 0 aromatic heterocycles. The van der Waals surface area contributed by atoms with Gasteiger partial charge in [-0.1, -0.05) is 42.5 Å². The van der Waals surface area contributed by atoms with Crippen molar-refractivity contribution in [3.63, 3.8) is 0 Å². The van der Waals surface area contributed by atoms with Gasteiger partial charge in [-0.3, -0.25) is 0 Å². The van der Waals surface area contributed by atoms with E-state index in [1.54, 1.807) is 30.3 Å². The van der Waals surface area contributed by atoms with Crippen LogP contribution in [0.5, 0.6) is 11.5 Å². The van der Waals surface area contributed by atoms with E-state index in [2.05, 4.69) is 0 Å². The molecular formula is C17H18O4S. The molecule has 4 nitrogen and oxygen atoms in total. The molecule has 0 unspecified atom stereocenters. The SMILES string of the molecule is COc1cccc(/C=C/S(=O)(=O)Cc2ccccc2)c1OC. The second-order valence-electron chi connectivity index (χ2n) is 4.68. The molecular weight excluding hydrogens is 300 g/mol.